The summed E-state index contributed by atoms with van der Waals surface area (Å²) in [5.74, 6) is 0. The number of rotatable bonds is 0. The minimum Gasteiger partial charge on any atom is -0.412 e. The van der Waals surface area contributed by atoms with Crippen molar-refractivity contribution in [1.29, 1.82) is 0 Å². The third-order valence-corrected chi connectivity index (χ3v) is 0. The van der Waals surface area contributed by atoms with Crippen molar-refractivity contribution < 1.29 is 180 Å². The molecule has 0 aromatic rings. The van der Waals surface area contributed by atoms with Gasteiger partial charge in [0.1, 0.15) is 0 Å². The number of hydrogen-bond donors (Lipinski definition) is 6. The summed E-state index contributed by atoms with van der Waals surface area (Å²) >= 11 is 0. The molecule has 0 heterocycles. The maximum absolute atomic E-state index is 8.74. The maximum atomic E-state index is 8.74. The molecule has 0 amide bonds. The molecule has 0 radical (unpaired) electrons. The van der Waals surface area contributed by atoms with Crippen LogP contribution in [0.15, 0.2) is 0 Å². The zero-order chi connectivity index (χ0) is 13.5. The normalized spacial score (nSPS) is 6.96. The molecular weight excluding hydrogens is 696 g/mol. The summed E-state index contributed by atoms with van der Waals surface area (Å²) in [6, 6.07) is 0. The molecule has 0 fully saturated rings. The summed E-state index contributed by atoms with van der Waals surface area (Å²) in [5.41, 5.74) is 0. The van der Waals surface area contributed by atoms with E-state index < -0.39 is 31.2 Å². The van der Waals surface area contributed by atoms with Gasteiger partial charge in [0.2, 0.25) is 0 Å². The second kappa shape index (κ2) is 40.7. The predicted molar refractivity (Wildman–Crippen MR) is 71.4 cm³/mol. The van der Waals surface area contributed by atoms with Gasteiger partial charge in [-0.2, -0.15) is 25.3 Å². The molecule has 0 atom stereocenters. The largest absolute Gasteiger partial charge is 0.412 e. The summed E-state index contributed by atoms with van der Waals surface area (Å²) in [6.07, 6.45) is 0. The second-order valence-electron chi connectivity index (χ2n) is 1.34. The first-order valence-corrected chi connectivity index (χ1v) is 6.29. The molecule has 25 heteroatoms. The van der Waals surface area contributed by atoms with Gasteiger partial charge in [-0.25, -0.2) is 0 Å². The second-order valence-corrected chi connectivity index (χ2v) is 4.03. The molecule has 0 unspecified atom stereocenters. The summed E-state index contributed by atoms with van der Waals surface area (Å²) in [6.45, 7) is 0. The molecule has 25 heavy (non-hydrogen) atoms. The molecule has 0 aromatic heterocycles. The van der Waals surface area contributed by atoms with Gasteiger partial charge in [0, 0.05) is 83.5 Å². The Morgan fingerprint density at radius 3 is 0.320 bits per heavy atom. The first kappa shape index (κ1) is 93.0. The van der Waals surface area contributed by atoms with E-state index in [1.807, 2.05) is 0 Å². The standard InChI is InChI=1S/2Ce.3H2O4S.8H2O/c;;3*1-5(2,3)4;;;;;;;;/h;;3*(H2,1,2,3,4);8*1H2. The third kappa shape index (κ3) is 3610. The SMILES string of the molecule is O.O.O.O.O.O.O.O.O=S(=O)(O)O.O=S(=O)(O)O.O=S(=O)(O)O.[Ce].[Ce]. The van der Waals surface area contributed by atoms with E-state index in [0.717, 1.165) is 0 Å². The van der Waals surface area contributed by atoms with E-state index in [1.54, 1.807) is 0 Å². The van der Waals surface area contributed by atoms with Crippen molar-refractivity contribution in [3.05, 3.63) is 0 Å². The van der Waals surface area contributed by atoms with Crippen LogP contribution in [-0.4, -0.2) is 96.4 Å². The van der Waals surface area contributed by atoms with Crippen LogP contribution in [0.3, 0.4) is 0 Å². The van der Waals surface area contributed by atoms with Gasteiger partial charge in [0.15, 0.2) is 0 Å². The van der Waals surface area contributed by atoms with Gasteiger partial charge in [-0.05, 0) is 0 Å². The van der Waals surface area contributed by atoms with E-state index in [0.29, 0.717) is 0 Å². The Kier molecular flexibility index (Phi) is 151. The summed E-state index contributed by atoms with van der Waals surface area (Å²) < 4.78 is 94.8. The fourth-order valence-electron chi connectivity index (χ4n) is 0. The zero-order valence-electron chi connectivity index (χ0n) is 11.4. The van der Waals surface area contributed by atoms with Gasteiger partial charge in [0.05, 0.1) is 0 Å². The molecule has 168 valence electrons. The summed E-state index contributed by atoms with van der Waals surface area (Å²) in [5, 5.41) is 0. The Morgan fingerprint density at radius 2 is 0.320 bits per heavy atom. The molecule has 20 nitrogen and oxygen atoms in total. The minimum atomic E-state index is -4.67. The van der Waals surface area contributed by atoms with E-state index in [-0.39, 0.29) is 127 Å². The van der Waals surface area contributed by atoms with Crippen LogP contribution in [0.25, 0.3) is 0 Å². The minimum absolute atomic E-state index is 0. The third-order valence-electron chi connectivity index (χ3n) is 0. The van der Waals surface area contributed by atoms with Gasteiger partial charge < -0.3 is 43.8 Å². The van der Waals surface area contributed by atoms with Crippen molar-refractivity contribution in [2.45, 2.75) is 0 Å². The Balaban J connectivity index is -0.00000000655. The van der Waals surface area contributed by atoms with Crippen LogP contribution >= 0.6 is 0 Å². The topological polar surface area (TPSA) is 476 Å². The Morgan fingerprint density at radius 1 is 0.320 bits per heavy atom. The van der Waals surface area contributed by atoms with E-state index in [2.05, 4.69) is 0 Å². The monoisotopic (exact) mass is 718 g/mol. The maximum Gasteiger partial charge on any atom is 0.394 e. The molecule has 0 aromatic carbocycles. The molecule has 0 saturated carbocycles. The van der Waals surface area contributed by atoms with Crippen molar-refractivity contribution in [2.75, 3.05) is 0 Å². The predicted octanol–water partition coefficient (Wildman–Crippen LogP) is -8.56. The van der Waals surface area contributed by atoms with Crippen LogP contribution in [-0.2, 0) is 31.2 Å². The smallest absolute Gasteiger partial charge is 0.394 e. The molecule has 0 aliphatic heterocycles. The van der Waals surface area contributed by atoms with E-state index in [4.69, 9.17) is 52.6 Å². The summed E-state index contributed by atoms with van der Waals surface area (Å²) in [4.78, 5) is 0. The van der Waals surface area contributed by atoms with E-state index in [1.165, 1.54) is 0 Å². The van der Waals surface area contributed by atoms with Gasteiger partial charge in [-0.1, -0.05) is 0 Å². The van der Waals surface area contributed by atoms with Crippen LogP contribution in [0.1, 0.15) is 0 Å². The molecular formula is H22Ce2O20S3. The molecule has 0 aliphatic carbocycles. The first-order chi connectivity index (χ1) is 6.00. The Labute approximate surface area is 208 Å². The molecule has 0 rings (SSSR count). The molecule has 0 saturated heterocycles. The van der Waals surface area contributed by atoms with Crippen LogP contribution in [0.5, 0.6) is 0 Å². The molecule has 0 spiro atoms. The van der Waals surface area contributed by atoms with Crippen molar-refractivity contribution in [3.63, 3.8) is 0 Å². The number of hydrogen-bond acceptors (Lipinski definition) is 6. The molecule has 0 aliphatic rings. The van der Waals surface area contributed by atoms with Crippen LogP contribution in [0.4, 0.5) is 0 Å². The van der Waals surface area contributed by atoms with E-state index in [9.17, 15) is 0 Å². The first-order valence-electron chi connectivity index (χ1n) is 2.10. The van der Waals surface area contributed by atoms with Gasteiger partial charge in [-0.3, -0.25) is 27.3 Å². The van der Waals surface area contributed by atoms with Crippen LogP contribution < -0.4 is 0 Å². The van der Waals surface area contributed by atoms with Gasteiger partial charge in [-0.15, -0.1) is 0 Å². The Bertz CT molecular complexity index is 344. The van der Waals surface area contributed by atoms with Gasteiger partial charge in [0.25, 0.3) is 0 Å². The zero-order valence-corrected chi connectivity index (χ0v) is 20.1. The van der Waals surface area contributed by atoms with E-state index >= 15 is 0 Å². The average Bonchev–Trinajstić information content (AvgIpc) is 1.41. The fraction of sp³-hybridized carbons (Fsp3) is 0. The molecule has 22 N–H and O–H groups in total. The fourth-order valence-corrected chi connectivity index (χ4v) is 0. The van der Waals surface area contributed by atoms with Crippen molar-refractivity contribution >= 4 is 31.2 Å². The van der Waals surface area contributed by atoms with Crippen molar-refractivity contribution in [2.24, 2.45) is 0 Å². The van der Waals surface area contributed by atoms with Gasteiger partial charge >= 0.3 is 31.2 Å². The van der Waals surface area contributed by atoms with Crippen LogP contribution in [0.2, 0.25) is 0 Å². The van der Waals surface area contributed by atoms with Crippen LogP contribution in [0, 0.1) is 83.5 Å². The quantitative estimate of drug-likeness (QED) is 0.127. The van der Waals surface area contributed by atoms with Crippen molar-refractivity contribution in [3.8, 4) is 0 Å². The average molecular weight is 719 g/mol. The summed E-state index contributed by atoms with van der Waals surface area (Å²) in [7, 11) is -14.0. The van der Waals surface area contributed by atoms with Crippen molar-refractivity contribution in [1.82, 2.24) is 0 Å². The Hall–Kier alpha value is 2.04. The molecule has 0 bridgehead atoms.